The summed E-state index contributed by atoms with van der Waals surface area (Å²) in [6.07, 6.45) is 0.386. The molecule has 3 aromatic rings. The molecule has 1 aliphatic rings. The lowest BCUT2D eigenvalue weighted by molar-refractivity contribution is -0.125. The summed E-state index contributed by atoms with van der Waals surface area (Å²) in [5.74, 6) is 1.57. The van der Waals surface area contributed by atoms with E-state index in [2.05, 4.69) is 5.32 Å². The van der Waals surface area contributed by atoms with Crippen LogP contribution in [0.4, 0.5) is 5.69 Å². The molecule has 3 aromatic carbocycles. The number of hydrogen-bond acceptors (Lipinski definition) is 4. The zero-order chi connectivity index (χ0) is 22.2. The van der Waals surface area contributed by atoms with Gasteiger partial charge in [-0.3, -0.25) is 9.59 Å². The summed E-state index contributed by atoms with van der Waals surface area (Å²) >= 11 is 1.76. The van der Waals surface area contributed by atoms with E-state index in [4.69, 9.17) is 4.74 Å². The van der Waals surface area contributed by atoms with Crippen molar-refractivity contribution in [3.05, 3.63) is 90.0 Å². The number of fused-ring (bicyclic) bond motifs is 1. The molecule has 2 amide bonds. The average Bonchev–Trinajstić information content (AvgIpc) is 2.85. The molecule has 1 heterocycles. The maximum Gasteiger partial charge on any atom is 0.227 e. The molecular weight excluding hydrogens is 420 g/mol. The molecule has 0 saturated carbocycles. The number of anilines is 1. The summed E-state index contributed by atoms with van der Waals surface area (Å²) < 4.78 is 5.79. The number of amides is 2. The number of nitrogens with zero attached hydrogens (tertiary/aromatic N) is 1. The minimum absolute atomic E-state index is 0.00652. The van der Waals surface area contributed by atoms with E-state index in [0.717, 1.165) is 33.2 Å². The Bertz CT molecular complexity index is 1070. The molecule has 0 aromatic heterocycles. The van der Waals surface area contributed by atoms with Gasteiger partial charge in [-0.15, -0.1) is 11.8 Å². The number of carbonyl (C=O) groups excluding carboxylic acids is 2. The highest BCUT2D eigenvalue weighted by Crippen LogP contribution is 2.34. The average molecular weight is 447 g/mol. The topological polar surface area (TPSA) is 58.6 Å². The number of thioether (sulfide) groups is 1. The summed E-state index contributed by atoms with van der Waals surface area (Å²) in [6.45, 7) is 1.57. The van der Waals surface area contributed by atoms with E-state index in [-0.39, 0.29) is 24.7 Å². The van der Waals surface area contributed by atoms with Crippen LogP contribution in [0.15, 0.2) is 83.8 Å². The van der Waals surface area contributed by atoms with E-state index in [1.54, 1.807) is 16.7 Å². The molecule has 0 fully saturated rings. The number of para-hydroxylation sites is 2. The van der Waals surface area contributed by atoms with E-state index >= 15 is 0 Å². The van der Waals surface area contributed by atoms with Crippen molar-refractivity contribution in [2.45, 2.75) is 30.9 Å². The third-order valence-electron chi connectivity index (χ3n) is 5.23. The normalized spacial score (nSPS) is 12.7. The van der Waals surface area contributed by atoms with Crippen LogP contribution in [-0.4, -0.2) is 24.1 Å². The minimum atomic E-state index is -0.121. The second kappa shape index (κ2) is 10.9. The van der Waals surface area contributed by atoms with Crippen molar-refractivity contribution in [3.63, 3.8) is 0 Å². The van der Waals surface area contributed by atoms with Crippen LogP contribution in [0.25, 0.3) is 0 Å². The van der Waals surface area contributed by atoms with Crippen LogP contribution in [0, 0.1) is 0 Å². The maximum absolute atomic E-state index is 12.7. The van der Waals surface area contributed by atoms with E-state index in [0.29, 0.717) is 19.7 Å². The van der Waals surface area contributed by atoms with Gasteiger partial charge in [0.1, 0.15) is 12.4 Å². The number of rotatable bonds is 8. The molecule has 0 atom stereocenters. The standard InChI is InChI=1S/C26H26N2O3S/c29-25(13-14-26(30)28-15-16-32-24-12-5-4-11-23(24)28)27-18-20-7-6-8-21(17-20)19-31-22-9-2-1-3-10-22/h1-12,17H,13-16,18-19H2,(H,27,29). The molecule has 0 aliphatic carbocycles. The molecular formula is C26H26N2O3S. The first kappa shape index (κ1) is 22.0. The third kappa shape index (κ3) is 5.92. The lowest BCUT2D eigenvalue weighted by Gasteiger charge is -2.29. The fourth-order valence-corrected chi connectivity index (χ4v) is 4.58. The summed E-state index contributed by atoms with van der Waals surface area (Å²) in [7, 11) is 0. The Morgan fingerprint density at radius 1 is 0.906 bits per heavy atom. The first-order chi connectivity index (χ1) is 15.7. The number of nitrogens with one attached hydrogen (secondary N) is 1. The quantitative estimate of drug-likeness (QED) is 0.540. The van der Waals surface area contributed by atoms with Crippen LogP contribution in [0.3, 0.4) is 0 Å². The Labute approximate surface area is 192 Å². The van der Waals surface area contributed by atoms with E-state index < -0.39 is 0 Å². The molecule has 164 valence electrons. The van der Waals surface area contributed by atoms with Crippen LogP contribution in [0.1, 0.15) is 24.0 Å². The van der Waals surface area contributed by atoms with Crippen molar-refractivity contribution in [2.24, 2.45) is 0 Å². The van der Waals surface area contributed by atoms with Gasteiger partial charge in [-0.25, -0.2) is 0 Å². The van der Waals surface area contributed by atoms with Gasteiger partial charge in [0.25, 0.3) is 0 Å². The predicted molar refractivity (Wildman–Crippen MR) is 128 cm³/mol. The molecule has 32 heavy (non-hydrogen) atoms. The lowest BCUT2D eigenvalue weighted by Crippen LogP contribution is -2.36. The Hall–Kier alpha value is -3.25. The van der Waals surface area contributed by atoms with Gasteiger partial charge in [-0.1, -0.05) is 54.6 Å². The van der Waals surface area contributed by atoms with Gasteiger partial charge in [-0.2, -0.15) is 0 Å². The Balaban J connectivity index is 1.23. The highest BCUT2D eigenvalue weighted by molar-refractivity contribution is 7.99. The van der Waals surface area contributed by atoms with Crippen molar-refractivity contribution in [1.29, 1.82) is 0 Å². The van der Waals surface area contributed by atoms with Gasteiger partial charge in [0.05, 0.1) is 5.69 Å². The van der Waals surface area contributed by atoms with Gasteiger partial charge < -0.3 is 15.0 Å². The van der Waals surface area contributed by atoms with E-state index in [1.165, 1.54) is 0 Å². The van der Waals surface area contributed by atoms with Crippen molar-refractivity contribution in [1.82, 2.24) is 5.32 Å². The van der Waals surface area contributed by atoms with Crippen LogP contribution in [0.5, 0.6) is 5.75 Å². The highest BCUT2D eigenvalue weighted by atomic mass is 32.2. The smallest absolute Gasteiger partial charge is 0.227 e. The summed E-state index contributed by atoms with van der Waals surface area (Å²) in [4.78, 5) is 27.9. The number of benzene rings is 3. The number of carbonyl (C=O) groups is 2. The lowest BCUT2D eigenvalue weighted by atomic mass is 10.1. The van der Waals surface area contributed by atoms with Gasteiger partial charge in [0, 0.05) is 36.6 Å². The monoisotopic (exact) mass is 446 g/mol. The zero-order valence-electron chi connectivity index (χ0n) is 17.8. The van der Waals surface area contributed by atoms with Gasteiger partial charge in [0.15, 0.2) is 0 Å². The fourth-order valence-electron chi connectivity index (χ4n) is 3.59. The van der Waals surface area contributed by atoms with Crippen molar-refractivity contribution >= 4 is 29.3 Å². The molecule has 0 spiro atoms. The molecule has 6 heteroatoms. The molecule has 4 rings (SSSR count). The number of ether oxygens (including phenoxy) is 1. The second-order valence-electron chi connectivity index (χ2n) is 7.56. The minimum Gasteiger partial charge on any atom is -0.489 e. The molecule has 0 saturated heterocycles. The van der Waals surface area contributed by atoms with Gasteiger partial charge in [0.2, 0.25) is 11.8 Å². The maximum atomic E-state index is 12.7. The summed E-state index contributed by atoms with van der Waals surface area (Å²) in [6, 6.07) is 25.6. The van der Waals surface area contributed by atoms with Crippen LogP contribution >= 0.6 is 11.8 Å². The Morgan fingerprint density at radius 3 is 2.56 bits per heavy atom. The van der Waals surface area contributed by atoms with Crippen molar-refractivity contribution < 1.29 is 14.3 Å². The summed E-state index contributed by atoms with van der Waals surface area (Å²) in [5, 5.41) is 2.92. The Kier molecular flexibility index (Phi) is 7.46. The van der Waals surface area contributed by atoms with E-state index in [9.17, 15) is 9.59 Å². The highest BCUT2D eigenvalue weighted by Gasteiger charge is 2.22. The largest absolute Gasteiger partial charge is 0.489 e. The third-order valence-corrected chi connectivity index (χ3v) is 6.27. The second-order valence-corrected chi connectivity index (χ2v) is 8.70. The SMILES string of the molecule is O=C(CCC(=O)N1CCSc2ccccc21)NCc1cccc(COc2ccccc2)c1. The van der Waals surface area contributed by atoms with E-state index in [1.807, 2.05) is 78.9 Å². The molecule has 0 bridgehead atoms. The van der Waals surface area contributed by atoms with Gasteiger partial charge >= 0.3 is 0 Å². The Morgan fingerprint density at radius 2 is 1.69 bits per heavy atom. The molecule has 1 N–H and O–H groups in total. The fraction of sp³-hybridized carbons (Fsp3) is 0.231. The first-order valence-corrected chi connectivity index (χ1v) is 11.7. The number of hydrogen-bond donors (Lipinski definition) is 1. The van der Waals surface area contributed by atoms with Crippen molar-refractivity contribution in [2.75, 3.05) is 17.2 Å². The molecule has 1 aliphatic heterocycles. The first-order valence-electron chi connectivity index (χ1n) is 10.7. The van der Waals surface area contributed by atoms with Crippen LogP contribution < -0.4 is 15.0 Å². The zero-order valence-corrected chi connectivity index (χ0v) is 18.6. The van der Waals surface area contributed by atoms with Crippen LogP contribution in [-0.2, 0) is 22.7 Å². The predicted octanol–water partition coefficient (Wildman–Crippen LogP) is 4.80. The summed E-state index contributed by atoms with van der Waals surface area (Å²) in [5.41, 5.74) is 2.99. The molecule has 0 unspecified atom stereocenters. The molecule has 0 radical (unpaired) electrons. The molecule has 5 nitrogen and oxygen atoms in total. The van der Waals surface area contributed by atoms with Gasteiger partial charge in [-0.05, 0) is 35.4 Å². The van der Waals surface area contributed by atoms with Crippen LogP contribution in [0.2, 0.25) is 0 Å². The van der Waals surface area contributed by atoms with Crippen molar-refractivity contribution in [3.8, 4) is 5.75 Å².